The topological polar surface area (TPSA) is 37.3 Å². The van der Waals surface area contributed by atoms with Crippen LogP contribution in [-0.4, -0.2) is 11.1 Å². The van der Waals surface area contributed by atoms with E-state index in [1.807, 2.05) is 13.8 Å². The Labute approximate surface area is 82.4 Å². The molecule has 0 aliphatic rings. The standard InChI is InChI=1S/C11H13FO2/c1-7-4-5-9(6-8(7)2)11(3,12)10(13)14/h4-6H,1-3H3,(H,13,14). The van der Waals surface area contributed by atoms with Crippen LogP contribution in [0, 0.1) is 13.8 Å². The smallest absolute Gasteiger partial charge is 0.345 e. The number of rotatable bonds is 2. The van der Waals surface area contributed by atoms with Gasteiger partial charge in [0.15, 0.2) is 0 Å². The third kappa shape index (κ3) is 1.76. The van der Waals surface area contributed by atoms with Gasteiger partial charge >= 0.3 is 5.97 Å². The highest BCUT2D eigenvalue weighted by Crippen LogP contribution is 2.27. The summed E-state index contributed by atoms with van der Waals surface area (Å²) in [6.07, 6.45) is 0. The van der Waals surface area contributed by atoms with Gasteiger partial charge < -0.3 is 5.11 Å². The van der Waals surface area contributed by atoms with Crippen molar-refractivity contribution in [3.63, 3.8) is 0 Å². The summed E-state index contributed by atoms with van der Waals surface area (Å²) < 4.78 is 13.7. The second-order valence-corrected chi connectivity index (χ2v) is 3.61. The van der Waals surface area contributed by atoms with Crippen molar-refractivity contribution in [1.29, 1.82) is 0 Å². The van der Waals surface area contributed by atoms with E-state index in [1.54, 1.807) is 12.1 Å². The Hall–Kier alpha value is -1.38. The molecule has 0 aromatic heterocycles. The molecule has 0 heterocycles. The number of carboxylic acid groups (broad SMARTS) is 1. The lowest BCUT2D eigenvalue weighted by Gasteiger charge is -2.16. The minimum Gasteiger partial charge on any atom is -0.479 e. The highest BCUT2D eigenvalue weighted by Gasteiger charge is 2.34. The zero-order valence-electron chi connectivity index (χ0n) is 8.47. The first-order chi connectivity index (χ1) is 6.35. The normalized spacial score (nSPS) is 14.9. The summed E-state index contributed by atoms with van der Waals surface area (Å²) in [5, 5.41) is 8.68. The Morgan fingerprint density at radius 1 is 1.36 bits per heavy atom. The molecule has 0 radical (unpaired) electrons. The number of halogens is 1. The zero-order chi connectivity index (χ0) is 10.9. The molecular weight excluding hydrogens is 183 g/mol. The van der Waals surface area contributed by atoms with Gasteiger partial charge in [0.05, 0.1) is 0 Å². The number of benzene rings is 1. The number of alkyl halides is 1. The van der Waals surface area contributed by atoms with Crippen LogP contribution in [0.15, 0.2) is 18.2 Å². The summed E-state index contributed by atoms with van der Waals surface area (Å²) >= 11 is 0. The maximum Gasteiger partial charge on any atom is 0.345 e. The van der Waals surface area contributed by atoms with E-state index >= 15 is 0 Å². The van der Waals surface area contributed by atoms with Gasteiger partial charge in [-0.25, -0.2) is 9.18 Å². The molecule has 1 aromatic rings. The van der Waals surface area contributed by atoms with Gasteiger partial charge in [-0.15, -0.1) is 0 Å². The molecule has 14 heavy (non-hydrogen) atoms. The van der Waals surface area contributed by atoms with Crippen LogP contribution in [-0.2, 0) is 10.5 Å². The van der Waals surface area contributed by atoms with Crippen molar-refractivity contribution in [2.45, 2.75) is 26.4 Å². The molecule has 0 aliphatic carbocycles. The summed E-state index contributed by atoms with van der Waals surface area (Å²) in [7, 11) is 0. The largest absolute Gasteiger partial charge is 0.479 e. The van der Waals surface area contributed by atoms with Gasteiger partial charge in [0, 0.05) is 5.56 Å². The average molecular weight is 196 g/mol. The highest BCUT2D eigenvalue weighted by molar-refractivity contribution is 5.78. The van der Waals surface area contributed by atoms with Crippen LogP contribution in [0.4, 0.5) is 4.39 Å². The van der Waals surface area contributed by atoms with Crippen molar-refractivity contribution in [3.05, 3.63) is 34.9 Å². The van der Waals surface area contributed by atoms with Gasteiger partial charge in [-0.05, 0) is 31.9 Å². The second-order valence-electron chi connectivity index (χ2n) is 3.61. The van der Waals surface area contributed by atoms with Crippen molar-refractivity contribution < 1.29 is 14.3 Å². The first-order valence-corrected chi connectivity index (χ1v) is 4.35. The lowest BCUT2D eigenvalue weighted by atomic mass is 9.95. The Balaban J connectivity index is 3.21. The van der Waals surface area contributed by atoms with E-state index in [-0.39, 0.29) is 5.56 Å². The molecule has 0 aliphatic heterocycles. The lowest BCUT2D eigenvalue weighted by molar-refractivity contribution is -0.150. The SMILES string of the molecule is Cc1ccc(C(C)(F)C(=O)O)cc1C. The monoisotopic (exact) mass is 196 g/mol. The Morgan fingerprint density at radius 2 is 1.93 bits per heavy atom. The maximum atomic E-state index is 13.7. The fourth-order valence-corrected chi connectivity index (χ4v) is 1.16. The van der Waals surface area contributed by atoms with E-state index in [2.05, 4.69) is 0 Å². The summed E-state index contributed by atoms with van der Waals surface area (Å²) in [6, 6.07) is 4.81. The molecule has 0 fully saturated rings. The maximum absolute atomic E-state index is 13.7. The lowest BCUT2D eigenvalue weighted by Crippen LogP contribution is -2.26. The fraction of sp³-hybridized carbons (Fsp3) is 0.364. The van der Waals surface area contributed by atoms with Crippen LogP contribution < -0.4 is 0 Å². The van der Waals surface area contributed by atoms with Crippen LogP contribution in [0.5, 0.6) is 0 Å². The minimum absolute atomic E-state index is 0.188. The molecular formula is C11H13FO2. The predicted molar refractivity (Wildman–Crippen MR) is 52.0 cm³/mol. The number of hydrogen-bond donors (Lipinski definition) is 1. The Kier molecular flexibility index (Phi) is 2.60. The fourth-order valence-electron chi connectivity index (χ4n) is 1.16. The van der Waals surface area contributed by atoms with E-state index in [0.717, 1.165) is 18.1 Å². The first kappa shape index (κ1) is 10.7. The van der Waals surface area contributed by atoms with Crippen LogP contribution >= 0.6 is 0 Å². The molecule has 1 unspecified atom stereocenters. The van der Waals surface area contributed by atoms with Gasteiger partial charge in [0.25, 0.3) is 0 Å². The summed E-state index contributed by atoms with van der Waals surface area (Å²) in [6.45, 7) is 4.78. The second kappa shape index (κ2) is 3.40. The number of aryl methyl sites for hydroxylation is 2. The molecule has 1 N–H and O–H groups in total. The molecule has 1 aromatic carbocycles. The molecule has 3 heteroatoms. The highest BCUT2D eigenvalue weighted by atomic mass is 19.1. The third-order valence-corrected chi connectivity index (χ3v) is 2.45. The van der Waals surface area contributed by atoms with Gasteiger partial charge in [-0.1, -0.05) is 18.2 Å². The van der Waals surface area contributed by atoms with E-state index in [0.29, 0.717) is 0 Å². The van der Waals surface area contributed by atoms with E-state index in [1.165, 1.54) is 6.07 Å². The van der Waals surface area contributed by atoms with Crippen LogP contribution in [0.25, 0.3) is 0 Å². The molecule has 1 rings (SSSR count). The summed E-state index contributed by atoms with van der Waals surface area (Å²) in [5.41, 5.74) is -0.200. The van der Waals surface area contributed by atoms with Crippen molar-refractivity contribution in [2.75, 3.05) is 0 Å². The molecule has 0 saturated heterocycles. The van der Waals surface area contributed by atoms with Crippen molar-refractivity contribution in [1.82, 2.24) is 0 Å². The van der Waals surface area contributed by atoms with Gasteiger partial charge in [-0.3, -0.25) is 0 Å². The van der Waals surface area contributed by atoms with Crippen molar-refractivity contribution >= 4 is 5.97 Å². The van der Waals surface area contributed by atoms with Crippen molar-refractivity contribution in [2.24, 2.45) is 0 Å². The van der Waals surface area contributed by atoms with E-state index in [9.17, 15) is 9.18 Å². The third-order valence-electron chi connectivity index (χ3n) is 2.45. The van der Waals surface area contributed by atoms with Crippen LogP contribution in [0.1, 0.15) is 23.6 Å². The molecule has 76 valence electrons. The van der Waals surface area contributed by atoms with Gasteiger partial charge in [0.2, 0.25) is 5.67 Å². The summed E-state index contributed by atoms with van der Waals surface area (Å²) in [5.74, 6) is -1.46. The van der Waals surface area contributed by atoms with Crippen LogP contribution in [0.3, 0.4) is 0 Å². The number of carbonyl (C=O) groups is 1. The molecule has 0 amide bonds. The zero-order valence-corrected chi connectivity index (χ0v) is 8.47. The minimum atomic E-state index is -2.31. The summed E-state index contributed by atoms with van der Waals surface area (Å²) in [4.78, 5) is 10.6. The Morgan fingerprint density at radius 3 is 2.36 bits per heavy atom. The van der Waals surface area contributed by atoms with Gasteiger partial charge in [0.1, 0.15) is 0 Å². The molecule has 2 nitrogen and oxygen atoms in total. The molecule has 1 atom stereocenters. The molecule has 0 bridgehead atoms. The first-order valence-electron chi connectivity index (χ1n) is 4.35. The van der Waals surface area contributed by atoms with E-state index < -0.39 is 11.6 Å². The number of hydrogen-bond acceptors (Lipinski definition) is 1. The molecule has 0 spiro atoms. The molecule has 0 saturated carbocycles. The Bertz CT molecular complexity index is 370. The van der Waals surface area contributed by atoms with Gasteiger partial charge in [-0.2, -0.15) is 0 Å². The quantitative estimate of drug-likeness (QED) is 0.789. The number of aliphatic carboxylic acids is 1. The average Bonchev–Trinajstić information content (AvgIpc) is 2.09. The predicted octanol–water partition coefficient (Wildman–Crippen LogP) is 2.57. The van der Waals surface area contributed by atoms with Crippen molar-refractivity contribution in [3.8, 4) is 0 Å². The van der Waals surface area contributed by atoms with E-state index in [4.69, 9.17) is 5.11 Å². The number of carboxylic acids is 1. The van der Waals surface area contributed by atoms with Crippen LogP contribution in [0.2, 0.25) is 0 Å².